The molecular weight excluding hydrogens is 182 g/mol. The van der Waals surface area contributed by atoms with E-state index >= 15 is 0 Å². The summed E-state index contributed by atoms with van der Waals surface area (Å²) in [6.45, 7) is 2.01. The molecule has 1 aromatic rings. The molecule has 5 nitrogen and oxygen atoms in total. The Hall–Kier alpha value is -1.36. The largest absolute Gasteiger partial charge is 0.468 e. The quantitative estimate of drug-likeness (QED) is 0.666. The van der Waals surface area contributed by atoms with Crippen molar-refractivity contribution in [2.75, 3.05) is 7.11 Å². The monoisotopic (exact) mass is 197 g/mol. The zero-order valence-corrected chi connectivity index (χ0v) is 8.41. The number of aromatic amines is 1. The second-order valence-corrected chi connectivity index (χ2v) is 3.06. The minimum absolute atomic E-state index is 0.395. The van der Waals surface area contributed by atoms with Gasteiger partial charge in [-0.3, -0.25) is 9.89 Å². The summed E-state index contributed by atoms with van der Waals surface area (Å²) >= 11 is 0. The average Bonchev–Trinajstić information content (AvgIpc) is 2.63. The zero-order valence-electron chi connectivity index (χ0n) is 8.41. The molecule has 0 radical (unpaired) electrons. The third-order valence-corrected chi connectivity index (χ3v) is 2.10. The number of rotatable bonds is 4. The Morgan fingerprint density at radius 2 is 2.50 bits per heavy atom. The summed E-state index contributed by atoms with van der Waals surface area (Å²) in [6, 6.07) is -0.608. The first kappa shape index (κ1) is 10.7. The van der Waals surface area contributed by atoms with Crippen molar-refractivity contribution >= 4 is 5.97 Å². The van der Waals surface area contributed by atoms with Crippen molar-refractivity contribution in [2.24, 2.45) is 5.73 Å². The average molecular weight is 197 g/mol. The molecule has 0 spiro atoms. The van der Waals surface area contributed by atoms with Crippen LogP contribution in [-0.4, -0.2) is 29.3 Å². The lowest BCUT2D eigenvalue weighted by molar-refractivity contribution is -0.142. The zero-order chi connectivity index (χ0) is 10.6. The van der Waals surface area contributed by atoms with E-state index in [2.05, 4.69) is 14.9 Å². The van der Waals surface area contributed by atoms with Gasteiger partial charge < -0.3 is 10.5 Å². The van der Waals surface area contributed by atoms with Gasteiger partial charge in [-0.15, -0.1) is 0 Å². The van der Waals surface area contributed by atoms with Crippen molar-refractivity contribution in [2.45, 2.75) is 25.8 Å². The van der Waals surface area contributed by atoms with Crippen LogP contribution in [0.1, 0.15) is 18.2 Å². The van der Waals surface area contributed by atoms with Crippen molar-refractivity contribution in [3.63, 3.8) is 0 Å². The molecule has 0 aliphatic rings. The molecule has 1 unspecified atom stereocenters. The van der Waals surface area contributed by atoms with Crippen LogP contribution in [0.15, 0.2) is 6.20 Å². The van der Waals surface area contributed by atoms with Crippen molar-refractivity contribution in [3.8, 4) is 0 Å². The summed E-state index contributed by atoms with van der Waals surface area (Å²) in [4.78, 5) is 11.1. The molecule has 1 atom stereocenters. The van der Waals surface area contributed by atoms with Crippen LogP contribution >= 0.6 is 0 Å². The van der Waals surface area contributed by atoms with Crippen LogP contribution in [0.2, 0.25) is 0 Å². The minimum Gasteiger partial charge on any atom is -0.468 e. The molecule has 3 N–H and O–H groups in total. The third-order valence-electron chi connectivity index (χ3n) is 2.10. The van der Waals surface area contributed by atoms with Crippen LogP contribution in [-0.2, 0) is 22.4 Å². The second-order valence-electron chi connectivity index (χ2n) is 3.06. The van der Waals surface area contributed by atoms with Gasteiger partial charge in [-0.2, -0.15) is 5.10 Å². The minimum atomic E-state index is -0.608. The van der Waals surface area contributed by atoms with Gasteiger partial charge in [-0.05, 0) is 12.0 Å². The van der Waals surface area contributed by atoms with Gasteiger partial charge in [-0.25, -0.2) is 0 Å². The number of methoxy groups -OCH3 is 1. The molecule has 0 amide bonds. The maximum atomic E-state index is 11.1. The molecule has 14 heavy (non-hydrogen) atoms. The number of aromatic nitrogens is 2. The maximum Gasteiger partial charge on any atom is 0.322 e. The Labute approximate surface area is 82.6 Å². The molecule has 0 aliphatic heterocycles. The number of esters is 1. The van der Waals surface area contributed by atoms with Gasteiger partial charge >= 0.3 is 5.97 Å². The van der Waals surface area contributed by atoms with Gasteiger partial charge in [-0.1, -0.05) is 6.92 Å². The number of carbonyl (C=O) groups is 1. The number of nitrogens with one attached hydrogen (secondary N) is 1. The smallest absolute Gasteiger partial charge is 0.322 e. The highest BCUT2D eigenvalue weighted by molar-refractivity contribution is 5.75. The number of aryl methyl sites for hydroxylation is 1. The molecule has 5 heteroatoms. The third kappa shape index (κ3) is 2.32. The number of ether oxygens (including phenoxy) is 1. The Morgan fingerprint density at radius 3 is 3.07 bits per heavy atom. The van der Waals surface area contributed by atoms with Crippen molar-refractivity contribution in [3.05, 3.63) is 17.5 Å². The Balaban J connectivity index is 2.64. The number of hydrogen-bond acceptors (Lipinski definition) is 4. The van der Waals surface area contributed by atoms with Crippen LogP contribution in [0.3, 0.4) is 0 Å². The van der Waals surface area contributed by atoms with Gasteiger partial charge in [0.25, 0.3) is 0 Å². The van der Waals surface area contributed by atoms with E-state index in [1.165, 1.54) is 7.11 Å². The summed E-state index contributed by atoms with van der Waals surface area (Å²) in [5, 5.41) is 6.76. The van der Waals surface area contributed by atoms with Crippen molar-refractivity contribution in [1.82, 2.24) is 10.2 Å². The lowest BCUT2D eigenvalue weighted by Crippen LogP contribution is -2.33. The van der Waals surface area contributed by atoms with Gasteiger partial charge in [0.2, 0.25) is 0 Å². The van der Waals surface area contributed by atoms with E-state index in [0.717, 1.165) is 17.7 Å². The van der Waals surface area contributed by atoms with Crippen molar-refractivity contribution < 1.29 is 9.53 Å². The standard InChI is InChI=1S/C9H15N3O2/c1-3-8-6(5-11-12-8)4-7(10)9(13)14-2/h5,7H,3-4,10H2,1-2H3,(H,11,12). The molecule has 1 heterocycles. The summed E-state index contributed by atoms with van der Waals surface area (Å²) in [6.07, 6.45) is 3.01. The lowest BCUT2D eigenvalue weighted by Gasteiger charge is -2.08. The van der Waals surface area contributed by atoms with E-state index in [9.17, 15) is 4.79 Å². The van der Waals surface area contributed by atoms with Crippen LogP contribution in [0.25, 0.3) is 0 Å². The Kier molecular flexibility index (Phi) is 3.64. The van der Waals surface area contributed by atoms with Crippen LogP contribution in [0.5, 0.6) is 0 Å². The molecule has 0 saturated heterocycles. The number of hydrogen-bond donors (Lipinski definition) is 2. The fourth-order valence-corrected chi connectivity index (χ4v) is 1.29. The van der Waals surface area contributed by atoms with Crippen LogP contribution < -0.4 is 5.73 Å². The van der Waals surface area contributed by atoms with E-state index in [-0.39, 0.29) is 0 Å². The number of nitrogens with zero attached hydrogens (tertiary/aromatic N) is 1. The van der Waals surface area contributed by atoms with Gasteiger partial charge in [0.05, 0.1) is 13.3 Å². The Morgan fingerprint density at radius 1 is 1.79 bits per heavy atom. The first-order valence-electron chi connectivity index (χ1n) is 4.53. The van der Waals surface area contributed by atoms with Gasteiger partial charge in [0.1, 0.15) is 6.04 Å². The molecule has 0 aromatic carbocycles. The summed E-state index contributed by atoms with van der Waals surface area (Å²) < 4.78 is 4.54. The molecule has 78 valence electrons. The first-order valence-corrected chi connectivity index (χ1v) is 4.53. The summed E-state index contributed by atoms with van der Waals surface area (Å²) in [5.74, 6) is -0.395. The van der Waals surface area contributed by atoms with Crippen LogP contribution in [0, 0.1) is 0 Å². The molecular formula is C9H15N3O2. The Bertz CT molecular complexity index is 309. The topological polar surface area (TPSA) is 81.0 Å². The van der Waals surface area contributed by atoms with E-state index in [1.54, 1.807) is 6.20 Å². The summed E-state index contributed by atoms with van der Waals surface area (Å²) in [7, 11) is 1.33. The van der Waals surface area contributed by atoms with Crippen molar-refractivity contribution in [1.29, 1.82) is 0 Å². The number of carbonyl (C=O) groups excluding carboxylic acids is 1. The van der Waals surface area contributed by atoms with E-state index in [0.29, 0.717) is 6.42 Å². The lowest BCUT2D eigenvalue weighted by atomic mass is 10.1. The van der Waals surface area contributed by atoms with E-state index in [4.69, 9.17) is 5.73 Å². The fourth-order valence-electron chi connectivity index (χ4n) is 1.29. The predicted octanol–water partition coefficient (Wildman–Crippen LogP) is 0.0149. The normalized spacial score (nSPS) is 12.5. The molecule has 0 bridgehead atoms. The first-order chi connectivity index (χ1) is 6.69. The highest BCUT2D eigenvalue weighted by Gasteiger charge is 2.16. The van der Waals surface area contributed by atoms with E-state index in [1.807, 2.05) is 6.92 Å². The maximum absolute atomic E-state index is 11.1. The second kappa shape index (κ2) is 4.76. The summed E-state index contributed by atoms with van der Waals surface area (Å²) in [5.41, 5.74) is 7.62. The van der Waals surface area contributed by atoms with Gasteiger partial charge in [0, 0.05) is 12.1 Å². The predicted molar refractivity (Wildman–Crippen MR) is 51.7 cm³/mol. The highest BCUT2D eigenvalue weighted by atomic mass is 16.5. The van der Waals surface area contributed by atoms with Crippen LogP contribution in [0.4, 0.5) is 0 Å². The van der Waals surface area contributed by atoms with E-state index < -0.39 is 12.0 Å². The molecule has 0 fully saturated rings. The van der Waals surface area contributed by atoms with Gasteiger partial charge in [0.15, 0.2) is 0 Å². The molecule has 0 aliphatic carbocycles. The molecule has 1 rings (SSSR count). The molecule has 0 saturated carbocycles. The SMILES string of the molecule is CCc1[nH]ncc1CC(N)C(=O)OC. The highest BCUT2D eigenvalue weighted by Crippen LogP contribution is 2.08. The molecule has 1 aromatic heterocycles. The number of nitrogens with two attached hydrogens (primary N) is 1. The fraction of sp³-hybridized carbons (Fsp3) is 0.556. The number of H-pyrrole nitrogens is 1.